The van der Waals surface area contributed by atoms with Gasteiger partial charge in [-0.05, 0) is 85.9 Å². The van der Waals surface area contributed by atoms with Crippen LogP contribution in [0.5, 0.6) is 0 Å². The van der Waals surface area contributed by atoms with Crippen molar-refractivity contribution in [2.45, 2.75) is 77.2 Å². The van der Waals surface area contributed by atoms with Gasteiger partial charge < -0.3 is 9.47 Å². The van der Waals surface area contributed by atoms with Gasteiger partial charge >= 0.3 is 0 Å². The highest BCUT2D eigenvalue weighted by molar-refractivity contribution is 5.10. The number of methoxy groups -OCH3 is 2. The SMILES string of the molecule is COCC12CCCCC1CCC1C3CCC(OC)C3(C)CCC12. The van der Waals surface area contributed by atoms with Gasteiger partial charge in [-0.2, -0.15) is 0 Å². The summed E-state index contributed by atoms with van der Waals surface area (Å²) >= 11 is 0. The van der Waals surface area contributed by atoms with Crippen LogP contribution < -0.4 is 0 Å². The molecule has 132 valence electrons. The zero-order chi connectivity index (χ0) is 16.1. The van der Waals surface area contributed by atoms with Crippen LogP contribution in [0, 0.1) is 34.5 Å². The largest absolute Gasteiger partial charge is 0.384 e. The molecular formula is C21H36O2. The third-order valence-electron chi connectivity index (χ3n) is 8.89. The minimum atomic E-state index is 0.450. The molecule has 4 saturated carbocycles. The molecule has 2 nitrogen and oxygen atoms in total. The Labute approximate surface area is 142 Å². The molecule has 4 rings (SSSR count). The van der Waals surface area contributed by atoms with E-state index in [0.29, 0.717) is 16.9 Å². The predicted octanol–water partition coefficient (Wildman–Crippen LogP) is 5.06. The summed E-state index contributed by atoms with van der Waals surface area (Å²) < 4.78 is 11.8. The Balaban J connectivity index is 1.64. The van der Waals surface area contributed by atoms with Crippen molar-refractivity contribution in [1.29, 1.82) is 0 Å². The van der Waals surface area contributed by atoms with E-state index in [9.17, 15) is 0 Å². The first-order valence-electron chi connectivity index (χ1n) is 10.2. The van der Waals surface area contributed by atoms with Crippen molar-refractivity contribution >= 4 is 0 Å². The van der Waals surface area contributed by atoms with Gasteiger partial charge in [0.05, 0.1) is 12.7 Å². The lowest BCUT2D eigenvalue weighted by Crippen LogP contribution is -2.56. The molecule has 0 radical (unpaired) electrons. The Morgan fingerprint density at radius 2 is 1.74 bits per heavy atom. The summed E-state index contributed by atoms with van der Waals surface area (Å²) in [5.74, 6) is 3.72. The maximum Gasteiger partial charge on any atom is 0.0627 e. The molecule has 0 bridgehead atoms. The molecule has 23 heavy (non-hydrogen) atoms. The van der Waals surface area contributed by atoms with E-state index in [4.69, 9.17) is 9.47 Å². The summed E-state index contributed by atoms with van der Waals surface area (Å²) in [7, 11) is 3.88. The summed E-state index contributed by atoms with van der Waals surface area (Å²) in [4.78, 5) is 0. The number of fused-ring (bicyclic) bond motifs is 5. The first-order valence-corrected chi connectivity index (χ1v) is 10.2. The maximum atomic E-state index is 5.92. The van der Waals surface area contributed by atoms with Crippen LogP contribution in [0.15, 0.2) is 0 Å². The zero-order valence-electron chi connectivity index (χ0n) is 15.5. The van der Waals surface area contributed by atoms with Crippen molar-refractivity contribution in [2.24, 2.45) is 34.5 Å². The topological polar surface area (TPSA) is 18.5 Å². The summed E-state index contributed by atoms with van der Waals surface area (Å²) in [6.07, 6.45) is 14.8. The number of hydrogen-bond acceptors (Lipinski definition) is 2. The highest BCUT2D eigenvalue weighted by Crippen LogP contribution is 2.66. The highest BCUT2D eigenvalue weighted by Gasteiger charge is 2.61. The second-order valence-corrected chi connectivity index (χ2v) is 9.41. The molecule has 7 unspecified atom stereocenters. The Morgan fingerprint density at radius 1 is 0.870 bits per heavy atom. The van der Waals surface area contributed by atoms with Crippen molar-refractivity contribution in [3.63, 3.8) is 0 Å². The third kappa shape index (κ3) is 2.27. The van der Waals surface area contributed by atoms with Crippen molar-refractivity contribution in [2.75, 3.05) is 20.8 Å². The Kier molecular flexibility index (Phi) is 4.29. The van der Waals surface area contributed by atoms with E-state index in [2.05, 4.69) is 6.92 Å². The first kappa shape index (κ1) is 16.4. The van der Waals surface area contributed by atoms with Gasteiger partial charge in [-0.1, -0.05) is 19.8 Å². The van der Waals surface area contributed by atoms with Gasteiger partial charge in [0, 0.05) is 14.2 Å². The number of rotatable bonds is 3. The molecule has 4 fully saturated rings. The first-order chi connectivity index (χ1) is 11.2. The van der Waals surface area contributed by atoms with E-state index in [1.165, 1.54) is 64.2 Å². The van der Waals surface area contributed by atoms with Crippen LogP contribution in [0.25, 0.3) is 0 Å². The molecular weight excluding hydrogens is 284 g/mol. The zero-order valence-corrected chi connectivity index (χ0v) is 15.5. The van der Waals surface area contributed by atoms with Crippen LogP contribution in [0.3, 0.4) is 0 Å². The summed E-state index contributed by atoms with van der Waals surface area (Å²) in [6, 6.07) is 0. The maximum absolute atomic E-state index is 5.92. The fourth-order valence-electron chi connectivity index (χ4n) is 7.96. The van der Waals surface area contributed by atoms with E-state index in [-0.39, 0.29) is 0 Å². The third-order valence-corrected chi connectivity index (χ3v) is 8.89. The molecule has 4 aliphatic rings. The molecule has 7 atom stereocenters. The van der Waals surface area contributed by atoms with Crippen molar-refractivity contribution in [3.05, 3.63) is 0 Å². The molecule has 2 heteroatoms. The minimum absolute atomic E-state index is 0.450. The molecule has 0 heterocycles. The smallest absolute Gasteiger partial charge is 0.0627 e. The van der Waals surface area contributed by atoms with E-state index >= 15 is 0 Å². The lowest BCUT2D eigenvalue weighted by molar-refractivity contribution is -0.153. The second kappa shape index (κ2) is 6.02. The Bertz CT molecular complexity index is 432. The van der Waals surface area contributed by atoms with Gasteiger partial charge in [0.15, 0.2) is 0 Å². The fraction of sp³-hybridized carbons (Fsp3) is 1.00. The molecule has 0 N–H and O–H groups in total. The lowest BCUT2D eigenvalue weighted by atomic mass is 9.45. The highest BCUT2D eigenvalue weighted by atomic mass is 16.5. The van der Waals surface area contributed by atoms with Crippen LogP contribution in [-0.2, 0) is 9.47 Å². The fourth-order valence-corrected chi connectivity index (χ4v) is 7.96. The van der Waals surface area contributed by atoms with Crippen LogP contribution in [0.1, 0.15) is 71.1 Å². The van der Waals surface area contributed by atoms with Gasteiger partial charge in [-0.3, -0.25) is 0 Å². The molecule has 0 aromatic heterocycles. The van der Waals surface area contributed by atoms with Crippen LogP contribution >= 0.6 is 0 Å². The molecule has 4 aliphatic carbocycles. The summed E-state index contributed by atoms with van der Waals surface area (Å²) in [5.41, 5.74) is 0.966. The quantitative estimate of drug-likeness (QED) is 0.723. The van der Waals surface area contributed by atoms with E-state index in [1.54, 1.807) is 0 Å². The van der Waals surface area contributed by atoms with Crippen molar-refractivity contribution in [1.82, 2.24) is 0 Å². The number of hydrogen-bond donors (Lipinski definition) is 0. The Hall–Kier alpha value is -0.0800. The van der Waals surface area contributed by atoms with Crippen LogP contribution in [-0.4, -0.2) is 26.9 Å². The standard InChI is InChI=1S/C21H36O2/c1-20-13-11-18-16(17(20)9-10-19(20)23-3)8-7-15-6-4-5-12-21(15,18)14-22-2/h15-19H,4-14H2,1-3H3. The normalized spacial score (nSPS) is 52.6. The van der Waals surface area contributed by atoms with E-state index in [1.807, 2.05) is 14.2 Å². The average molecular weight is 321 g/mol. The summed E-state index contributed by atoms with van der Waals surface area (Å²) in [5, 5.41) is 0. The molecule has 0 aromatic carbocycles. The van der Waals surface area contributed by atoms with Gasteiger partial charge in [0.1, 0.15) is 0 Å². The van der Waals surface area contributed by atoms with Gasteiger partial charge in [-0.25, -0.2) is 0 Å². The van der Waals surface area contributed by atoms with Gasteiger partial charge in [-0.15, -0.1) is 0 Å². The second-order valence-electron chi connectivity index (χ2n) is 9.41. The van der Waals surface area contributed by atoms with Gasteiger partial charge in [0.2, 0.25) is 0 Å². The molecule has 0 amide bonds. The minimum Gasteiger partial charge on any atom is -0.384 e. The van der Waals surface area contributed by atoms with Gasteiger partial charge in [0.25, 0.3) is 0 Å². The number of ether oxygens (including phenoxy) is 2. The van der Waals surface area contributed by atoms with E-state index < -0.39 is 0 Å². The average Bonchev–Trinajstić information content (AvgIpc) is 2.91. The molecule has 0 saturated heterocycles. The van der Waals surface area contributed by atoms with Crippen LogP contribution in [0.4, 0.5) is 0 Å². The predicted molar refractivity (Wildman–Crippen MR) is 93.3 cm³/mol. The van der Waals surface area contributed by atoms with Crippen LogP contribution in [0.2, 0.25) is 0 Å². The molecule has 0 spiro atoms. The van der Waals surface area contributed by atoms with Crippen molar-refractivity contribution in [3.8, 4) is 0 Å². The molecule has 0 aromatic rings. The monoisotopic (exact) mass is 320 g/mol. The summed E-state index contributed by atoms with van der Waals surface area (Å²) in [6.45, 7) is 3.57. The lowest BCUT2D eigenvalue weighted by Gasteiger charge is -2.61. The Morgan fingerprint density at radius 3 is 2.52 bits per heavy atom. The van der Waals surface area contributed by atoms with E-state index in [0.717, 1.165) is 30.3 Å². The van der Waals surface area contributed by atoms with Crippen molar-refractivity contribution < 1.29 is 9.47 Å². The molecule has 0 aliphatic heterocycles.